The van der Waals surface area contributed by atoms with E-state index in [-0.39, 0.29) is 36.9 Å². The van der Waals surface area contributed by atoms with Crippen LogP contribution in [-0.2, 0) is 16.1 Å². The highest BCUT2D eigenvalue weighted by molar-refractivity contribution is 9.10. The van der Waals surface area contributed by atoms with Crippen LogP contribution >= 0.6 is 15.9 Å². The van der Waals surface area contributed by atoms with Gasteiger partial charge in [-0.25, -0.2) is 0 Å². The second-order valence-electron chi connectivity index (χ2n) is 7.36. The standard InChI is InChI=1S/C22H24BrN3O4/c1-14(2)25(3)22(29)16-6-4-15(5-7-16)11-24-20(27)12-26-18-9-8-17(23)10-19(18)30-13-21(26)28/h4-10,14H,11-13H2,1-3H3,(H,24,27). The van der Waals surface area contributed by atoms with Crippen LogP contribution in [0.25, 0.3) is 0 Å². The van der Waals surface area contributed by atoms with Gasteiger partial charge in [-0.3, -0.25) is 19.3 Å². The van der Waals surface area contributed by atoms with E-state index in [0.29, 0.717) is 23.5 Å². The molecule has 0 saturated carbocycles. The number of carbonyl (C=O) groups is 3. The largest absolute Gasteiger partial charge is 0.482 e. The molecule has 0 unspecified atom stereocenters. The van der Waals surface area contributed by atoms with Crippen LogP contribution in [0, 0.1) is 0 Å². The number of rotatable bonds is 6. The Morgan fingerprint density at radius 3 is 2.57 bits per heavy atom. The number of amides is 3. The van der Waals surface area contributed by atoms with Gasteiger partial charge in [0.25, 0.3) is 11.8 Å². The van der Waals surface area contributed by atoms with Crippen LogP contribution in [-0.4, -0.2) is 48.9 Å². The van der Waals surface area contributed by atoms with Crippen LogP contribution < -0.4 is 15.0 Å². The number of nitrogens with zero attached hydrogens (tertiary/aromatic N) is 2. The number of nitrogens with one attached hydrogen (secondary N) is 1. The predicted molar refractivity (Wildman–Crippen MR) is 118 cm³/mol. The van der Waals surface area contributed by atoms with E-state index in [1.807, 2.05) is 26.0 Å². The van der Waals surface area contributed by atoms with Gasteiger partial charge in [-0.05, 0) is 49.7 Å². The molecule has 0 aliphatic carbocycles. The van der Waals surface area contributed by atoms with Gasteiger partial charge in [0.15, 0.2) is 6.61 Å². The summed E-state index contributed by atoms with van der Waals surface area (Å²) in [5.41, 5.74) is 2.04. The molecule has 3 amide bonds. The summed E-state index contributed by atoms with van der Waals surface area (Å²) >= 11 is 3.37. The zero-order valence-electron chi connectivity index (χ0n) is 17.1. The van der Waals surface area contributed by atoms with Gasteiger partial charge in [0, 0.05) is 29.7 Å². The molecule has 1 aliphatic rings. The minimum absolute atomic E-state index is 0.0447. The third kappa shape index (κ3) is 4.99. The lowest BCUT2D eigenvalue weighted by atomic mass is 10.1. The first-order chi connectivity index (χ1) is 14.3. The average Bonchev–Trinajstić information content (AvgIpc) is 2.73. The quantitative estimate of drug-likeness (QED) is 0.699. The molecule has 1 aliphatic heterocycles. The highest BCUT2D eigenvalue weighted by atomic mass is 79.9. The van der Waals surface area contributed by atoms with Crippen LogP contribution in [0.2, 0.25) is 0 Å². The Hall–Kier alpha value is -2.87. The Bertz CT molecular complexity index is 959. The van der Waals surface area contributed by atoms with E-state index >= 15 is 0 Å². The van der Waals surface area contributed by atoms with E-state index in [4.69, 9.17) is 4.74 Å². The maximum atomic E-state index is 12.4. The van der Waals surface area contributed by atoms with Gasteiger partial charge in [0.1, 0.15) is 12.3 Å². The van der Waals surface area contributed by atoms with Crippen LogP contribution in [0.1, 0.15) is 29.8 Å². The zero-order chi connectivity index (χ0) is 21.8. The molecule has 8 heteroatoms. The molecule has 0 atom stereocenters. The van der Waals surface area contributed by atoms with Crippen molar-refractivity contribution in [3.05, 3.63) is 58.1 Å². The second-order valence-corrected chi connectivity index (χ2v) is 8.28. The number of hydrogen-bond acceptors (Lipinski definition) is 4. The monoisotopic (exact) mass is 473 g/mol. The molecule has 1 N–H and O–H groups in total. The van der Waals surface area contributed by atoms with Crippen molar-refractivity contribution in [2.75, 3.05) is 25.1 Å². The normalized spacial score (nSPS) is 13.0. The minimum Gasteiger partial charge on any atom is -0.482 e. The maximum absolute atomic E-state index is 12.4. The first-order valence-electron chi connectivity index (χ1n) is 9.61. The van der Waals surface area contributed by atoms with E-state index in [2.05, 4.69) is 21.2 Å². The topological polar surface area (TPSA) is 79.0 Å². The number of anilines is 1. The number of carbonyl (C=O) groups excluding carboxylic acids is 3. The summed E-state index contributed by atoms with van der Waals surface area (Å²) in [6.07, 6.45) is 0. The first kappa shape index (κ1) is 21.8. The molecule has 2 aromatic carbocycles. The number of halogens is 1. The van der Waals surface area contributed by atoms with Crippen molar-refractivity contribution >= 4 is 39.3 Å². The number of hydrogen-bond donors (Lipinski definition) is 1. The van der Waals surface area contributed by atoms with Gasteiger partial charge in [0.2, 0.25) is 5.91 Å². The molecule has 0 aromatic heterocycles. The highest BCUT2D eigenvalue weighted by Gasteiger charge is 2.27. The minimum atomic E-state index is -0.279. The van der Waals surface area contributed by atoms with Crippen LogP contribution in [0.4, 0.5) is 5.69 Å². The molecule has 158 valence electrons. The van der Waals surface area contributed by atoms with Crippen molar-refractivity contribution in [3.8, 4) is 5.75 Å². The van der Waals surface area contributed by atoms with Crippen LogP contribution in [0.5, 0.6) is 5.75 Å². The maximum Gasteiger partial charge on any atom is 0.265 e. The lowest BCUT2D eigenvalue weighted by Gasteiger charge is -2.29. The molecule has 3 rings (SSSR count). The van der Waals surface area contributed by atoms with E-state index in [1.165, 1.54) is 4.90 Å². The summed E-state index contributed by atoms with van der Waals surface area (Å²) in [6, 6.07) is 12.6. The fraction of sp³-hybridized carbons (Fsp3) is 0.318. The molecule has 7 nitrogen and oxygen atoms in total. The molecule has 0 fully saturated rings. The van der Waals surface area contributed by atoms with Gasteiger partial charge in [0.05, 0.1) is 5.69 Å². The summed E-state index contributed by atoms with van der Waals surface area (Å²) < 4.78 is 6.27. The SMILES string of the molecule is CC(C)N(C)C(=O)c1ccc(CNC(=O)CN2C(=O)COc3cc(Br)ccc32)cc1. The molecule has 0 radical (unpaired) electrons. The Kier molecular flexibility index (Phi) is 6.77. The summed E-state index contributed by atoms with van der Waals surface area (Å²) in [6.45, 7) is 4.03. The summed E-state index contributed by atoms with van der Waals surface area (Å²) in [5.74, 6) is -0.0314. The smallest absolute Gasteiger partial charge is 0.265 e. The Morgan fingerprint density at radius 1 is 1.20 bits per heavy atom. The summed E-state index contributed by atoms with van der Waals surface area (Å²) in [7, 11) is 1.77. The van der Waals surface area contributed by atoms with Crippen molar-refractivity contribution in [2.45, 2.75) is 26.4 Å². The summed E-state index contributed by atoms with van der Waals surface area (Å²) in [4.78, 5) is 40.1. The fourth-order valence-electron chi connectivity index (χ4n) is 2.96. The number of fused-ring (bicyclic) bond motifs is 1. The van der Waals surface area contributed by atoms with E-state index in [1.54, 1.807) is 42.3 Å². The van der Waals surface area contributed by atoms with Gasteiger partial charge in [-0.15, -0.1) is 0 Å². The Morgan fingerprint density at radius 2 is 1.90 bits per heavy atom. The Balaban J connectivity index is 1.59. The molecule has 2 aromatic rings. The van der Waals surface area contributed by atoms with Crippen molar-refractivity contribution < 1.29 is 19.1 Å². The van der Waals surface area contributed by atoms with Crippen molar-refractivity contribution in [3.63, 3.8) is 0 Å². The van der Waals surface area contributed by atoms with E-state index < -0.39 is 0 Å². The van der Waals surface area contributed by atoms with Gasteiger partial charge in [-0.2, -0.15) is 0 Å². The average molecular weight is 474 g/mol. The third-order valence-corrected chi connectivity index (χ3v) is 5.45. The number of ether oxygens (including phenoxy) is 1. The zero-order valence-corrected chi connectivity index (χ0v) is 18.7. The van der Waals surface area contributed by atoms with Gasteiger partial charge < -0.3 is 15.0 Å². The lowest BCUT2D eigenvalue weighted by molar-refractivity contribution is -0.125. The lowest BCUT2D eigenvalue weighted by Crippen LogP contribution is -2.45. The van der Waals surface area contributed by atoms with Crippen molar-refractivity contribution in [1.82, 2.24) is 10.2 Å². The van der Waals surface area contributed by atoms with E-state index in [0.717, 1.165) is 10.0 Å². The van der Waals surface area contributed by atoms with Crippen LogP contribution in [0.15, 0.2) is 46.9 Å². The van der Waals surface area contributed by atoms with Gasteiger partial charge >= 0.3 is 0 Å². The molecule has 0 spiro atoms. The molecule has 0 saturated heterocycles. The van der Waals surface area contributed by atoms with E-state index in [9.17, 15) is 14.4 Å². The van der Waals surface area contributed by atoms with Crippen molar-refractivity contribution in [1.29, 1.82) is 0 Å². The van der Waals surface area contributed by atoms with Gasteiger partial charge in [-0.1, -0.05) is 28.1 Å². The van der Waals surface area contributed by atoms with Crippen LogP contribution in [0.3, 0.4) is 0 Å². The molecular formula is C22H24BrN3O4. The first-order valence-corrected chi connectivity index (χ1v) is 10.4. The third-order valence-electron chi connectivity index (χ3n) is 4.95. The fourth-order valence-corrected chi connectivity index (χ4v) is 3.30. The molecule has 1 heterocycles. The highest BCUT2D eigenvalue weighted by Crippen LogP contribution is 2.34. The number of benzene rings is 2. The molecular weight excluding hydrogens is 450 g/mol. The van der Waals surface area contributed by atoms with Crippen molar-refractivity contribution in [2.24, 2.45) is 0 Å². The molecule has 0 bridgehead atoms. The Labute approximate surface area is 184 Å². The molecule has 30 heavy (non-hydrogen) atoms. The summed E-state index contributed by atoms with van der Waals surface area (Å²) in [5, 5.41) is 2.82. The second kappa shape index (κ2) is 9.30. The predicted octanol–water partition coefficient (Wildman–Crippen LogP) is 2.97.